The van der Waals surface area contributed by atoms with Gasteiger partial charge in [0.2, 0.25) is 5.91 Å². The first-order chi connectivity index (χ1) is 8.45. The molecule has 18 heavy (non-hydrogen) atoms. The number of rotatable bonds is 5. The topological polar surface area (TPSA) is 66.4 Å². The van der Waals surface area contributed by atoms with Gasteiger partial charge in [0.25, 0.3) is 0 Å². The third kappa shape index (κ3) is 3.84. The van der Waals surface area contributed by atoms with E-state index in [0.717, 1.165) is 4.47 Å². The molecule has 0 bridgehead atoms. The van der Waals surface area contributed by atoms with Gasteiger partial charge in [-0.25, -0.2) is 4.79 Å². The highest BCUT2D eigenvalue weighted by atomic mass is 79.9. The summed E-state index contributed by atoms with van der Waals surface area (Å²) < 4.78 is 0.864. The molecular formula is C13H16BrNO3. The van der Waals surface area contributed by atoms with Gasteiger partial charge in [0, 0.05) is 10.4 Å². The van der Waals surface area contributed by atoms with Crippen molar-refractivity contribution in [2.45, 2.75) is 26.3 Å². The van der Waals surface area contributed by atoms with E-state index in [9.17, 15) is 14.7 Å². The van der Waals surface area contributed by atoms with Gasteiger partial charge in [0.15, 0.2) is 6.04 Å². The number of carboxylic acid groups (broad SMARTS) is 1. The second-order valence-corrected chi connectivity index (χ2v) is 5.06. The molecule has 2 unspecified atom stereocenters. The van der Waals surface area contributed by atoms with E-state index in [1.54, 1.807) is 31.2 Å². The Balaban J connectivity index is 2.87. The highest BCUT2D eigenvalue weighted by Crippen LogP contribution is 2.18. The van der Waals surface area contributed by atoms with Crippen LogP contribution < -0.4 is 5.32 Å². The average Bonchev–Trinajstić information content (AvgIpc) is 2.35. The first kappa shape index (κ1) is 14.7. The molecule has 0 heterocycles. The van der Waals surface area contributed by atoms with Gasteiger partial charge >= 0.3 is 5.97 Å². The number of carboxylic acids is 1. The molecule has 1 aromatic carbocycles. The Hall–Kier alpha value is -1.36. The van der Waals surface area contributed by atoms with Crippen LogP contribution in [0.2, 0.25) is 0 Å². The van der Waals surface area contributed by atoms with Crippen molar-refractivity contribution in [3.63, 3.8) is 0 Å². The molecule has 1 rings (SSSR count). The molecule has 2 atom stereocenters. The van der Waals surface area contributed by atoms with E-state index in [1.165, 1.54) is 0 Å². The maximum absolute atomic E-state index is 11.7. The number of hydrogen-bond acceptors (Lipinski definition) is 2. The predicted octanol–water partition coefficient (Wildman–Crippen LogP) is 2.74. The second-order valence-electron chi connectivity index (χ2n) is 4.14. The molecule has 0 aliphatic carbocycles. The Morgan fingerprint density at radius 3 is 2.33 bits per heavy atom. The van der Waals surface area contributed by atoms with Crippen molar-refractivity contribution < 1.29 is 14.7 Å². The van der Waals surface area contributed by atoms with E-state index in [2.05, 4.69) is 21.2 Å². The lowest BCUT2D eigenvalue weighted by Gasteiger charge is -2.17. The zero-order valence-electron chi connectivity index (χ0n) is 10.3. The van der Waals surface area contributed by atoms with E-state index in [0.29, 0.717) is 12.0 Å². The number of carbonyl (C=O) groups excluding carboxylic acids is 1. The minimum atomic E-state index is -1.06. The van der Waals surface area contributed by atoms with Crippen molar-refractivity contribution >= 4 is 27.8 Å². The summed E-state index contributed by atoms with van der Waals surface area (Å²) in [7, 11) is 0. The normalized spacial score (nSPS) is 13.7. The zero-order valence-corrected chi connectivity index (χ0v) is 11.9. The summed E-state index contributed by atoms with van der Waals surface area (Å²) in [6.45, 7) is 3.66. The molecule has 98 valence electrons. The number of nitrogens with one attached hydrogen (secondary N) is 1. The number of hydrogen-bond donors (Lipinski definition) is 2. The molecule has 4 nitrogen and oxygen atoms in total. The molecule has 1 aromatic rings. The molecule has 0 radical (unpaired) electrons. The lowest BCUT2D eigenvalue weighted by molar-refractivity contribution is -0.142. The highest BCUT2D eigenvalue weighted by molar-refractivity contribution is 9.10. The highest BCUT2D eigenvalue weighted by Gasteiger charge is 2.23. The smallest absolute Gasteiger partial charge is 0.330 e. The molecule has 2 N–H and O–H groups in total. The Labute approximate surface area is 115 Å². The van der Waals surface area contributed by atoms with Crippen LogP contribution in [0.15, 0.2) is 28.7 Å². The van der Waals surface area contributed by atoms with Crippen molar-refractivity contribution in [1.82, 2.24) is 5.32 Å². The Morgan fingerprint density at radius 2 is 1.89 bits per heavy atom. The molecule has 0 saturated carbocycles. The fourth-order valence-electron chi connectivity index (χ4n) is 1.41. The fraction of sp³-hybridized carbons (Fsp3) is 0.385. The van der Waals surface area contributed by atoms with Crippen LogP contribution in [0.25, 0.3) is 0 Å². The van der Waals surface area contributed by atoms with Crippen molar-refractivity contribution in [2.24, 2.45) is 5.92 Å². The standard InChI is InChI=1S/C13H16BrNO3/c1-3-8(2)12(16)15-11(13(17)18)9-4-6-10(14)7-5-9/h4-8,11H,3H2,1-2H3,(H,15,16)(H,17,18). The Morgan fingerprint density at radius 1 is 1.33 bits per heavy atom. The van der Waals surface area contributed by atoms with Crippen molar-refractivity contribution in [2.75, 3.05) is 0 Å². The third-order valence-corrected chi connectivity index (χ3v) is 3.33. The summed E-state index contributed by atoms with van der Waals surface area (Å²) in [5.74, 6) is -1.50. The lowest BCUT2D eigenvalue weighted by Crippen LogP contribution is -2.36. The van der Waals surface area contributed by atoms with Crippen molar-refractivity contribution in [3.05, 3.63) is 34.3 Å². The number of carbonyl (C=O) groups is 2. The van der Waals surface area contributed by atoms with Gasteiger partial charge in [-0.15, -0.1) is 0 Å². The maximum atomic E-state index is 11.7. The zero-order chi connectivity index (χ0) is 13.7. The SMILES string of the molecule is CCC(C)C(=O)NC(C(=O)O)c1ccc(Br)cc1. The van der Waals surface area contributed by atoms with Crippen LogP contribution in [0.5, 0.6) is 0 Å². The second kappa shape index (κ2) is 6.54. The average molecular weight is 314 g/mol. The molecule has 0 fully saturated rings. The van der Waals surface area contributed by atoms with Crippen LogP contribution in [0, 0.1) is 5.92 Å². The summed E-state index contributed by atoms with van der Waals surface area (Å²) in [4.78, 5) is 23.0. The van der Waals surface area contributed by atoms with Gasteiger partial charge in [-0.1, -0.05) is 41.9 Å². The molecule has 0 aromatic heterocycles. The number of benzene rings is 1. The summed E-state index contributed by atoms with van der Waals surface area (Å²) >= 11 is 3.28. The van der Waals surface area contributed by atoms with Crippen LogP contribution in [0.4, 0.5) is 0 Å². The van der Waals surface area contributed by atoms with Gasteiger partial charge < -0.3 is 10.4 Å². The summed E-state index contributed by atoms with van der Waals surface area (Å²) in [5.41, 5.74) is 0.558. The van der Waals surface area contributed by atoms with Crippen molar-refractivity contribution in [1.29, 1.82) is 0 Å². The minimum Gasteiger partial charge on any atom is -0.479 e. The molecule has 1 amide bonds. The largest absolute Gasteiger partial charge is 0.479 e. The maximum Gasteiger partial charge on any atom is 0.330 e. The number of halogens is 1. The molecule has 0 aliphatic heterocycles. The van der Waals surface area contributed by atoms with E-state index in [1.807, 2.05) is 6.92 Å². The van der Waals surface area contributed by atoms with Gasteiger partial charge in [-0.3, -0.25) is 4.79 Å². The van der Waals surface area contributed by atoms with Gasteiger partial charge in [-0.05, 0) is 24.1 Å². The molecule has 0 aliphatic rings. The first-order valence-corrected chi connectivity index (χ1v) is 6.53. The third-order valence-electron chi connectivity index (χ3n) is 2.80. The van der Waals surface area contributed by atoms with Crippen LogP contribution in [-0.2, 0) is 9.59 Å². The van der Waals surface area contributed by atoms with E-state index in [-0.39, 0.29) is 11.8 Å². The quantitative estimate of drug-likeness (QED) is 0.878. The van der Waals surface area contributed by atoms with Gasteiger partial charge in [0.1, 0.15) is 0 Å². The van der Waals surface area contributed by atoms with Gasteiger partial charge in [-0.2, -0.15) is 0 Å². The van der Waals surface area contributed by atoms with Crippen LogP contribution >= 0.6 is 15.9 Å². The fourth-order valence-corrected chi connectivity index (χ4v) is 1.68. The molecule has 0 saturated heterocycles. The van der Waals surface area contributed by atoms with E-state index >= 15 is 0 Å². The molecule has 5 heteroatoms. The monoisotopic (exact) mass is 313 g/mol. The lowest BCUT2D eigenvalue weighted by atomic mass is 10.0. The van der Waals surface area contributed by atoms with Crippen LogP contribution in [0.1, 0.15) is 31.9 Å². The Bertz CT molecular complexity index is 430. The van der Waals surface area contributed by atoms with Crippen LogP contribution in [0.3, 0.4) is 0 Å². The summed E-state index contributed by atoms with van der Waals surface area (Å²) in [6.07, 6.45) is 0.679. The van der Waals surface area contributed by atoms with E-state index < -0.39 is 12.0 Å². The van der Waals surface area contributed by atoms with E-state index in [4.69, 9.17) is 0 Å². The van der Waals surface area contributed by atoms with Crippen LogP contribution in [-0.4, -0.2) is 17.0 Å². The Kier molecular flexibility index (Phi) is 5.34. The number of aliphatic carboxylic acids is 1. The minimum absolute atomic E-state index is 0.192. The first-order valence-electron chi connectivity index (χ1n) is 5.74. The predicted molar refractivity (Wildman–Crippen MR) is 72.1 cm³/mol. The summed E-state index contributed by atoms with van der Waals surface area (Å²) in [5, 5.41) is 11.7. The molecule has 0 spiro atoms. The summed E-state index contributed by atoms with van der Waals surface area (Å²) in [6, 6.07) is 5.86. The van der Waals surface area contributed by atoms with Crippen molar-refractivity contribution in [3.8, 4) is 0 Å². The number of amides is 1. The molecular weight excluding hydrogens is 298 g/mol. The van der Waals surface area contributed by atoms with Gasteiger partial charge in [0.05, 0.1) is 0 Å².